The Morgan fingerprint density at radius 1 is 1.29 bits per heavy atom. The summed E-state index contributed by atoms with van der Waals surface area (Å²) in [5.74, 6) is 1.16. The molecule has 2 N–H and O–H groups in total. The molecule has 1 aromatic rings. The van der Waals surface area contributed by atoms with Gasteiger partial charge in [0.05, 0.1) is 0 Å². The number of carbonyl (C=O) groups excluding carboxylic acids is 2. The van der Waals surface area contributed by atoms with Gasteiger partial charge in [-0.2, -0.15) is 0 Å². The standard InChI is InChI=1S/C21H29ClN2O4/c1-21(2,28-16-7-4-14(22)5-8-16)20(26)23-15-6-9-17-13(12-27-3)10-19(25)24-18(17)11-15/h4-5,7-8,13,15,17-18H,6,9-12H2,1-3H3,(H,23,26)(H,24,25). The number of piperidine rings is 1. The van der Waals surface area contributed by atoms with Crippen LogP contribution >= 0.6 is 11.6 Å². The van der Waals surface area contributed by atoms with Crippen molar-refractivity contribution in [3.63, 3.8) is 0 Å². The largest absolute Gasteiger partial charge is 0.478 e. The molecule has 4 unspecified atom stereocenters. The molecule has 1 aliphatic carbocycles. The van der Waals surface area contributed by atoms with Crippen molar-refractivity contribution < 1.29 is 19.1 Å². The number of hydrogen-bond acceptors (Lipinski definition) is 4. The second kappa shape index (κ2) is 8.70. The van der Waals surface area contributed by atoms with Gasteiger partial charge in [-0.25, -0.2) is 0 Å². The minimum atomic E-state index is -1.01. The van der Waals surface area contributed by atoms with Crippen LogP contribution in [0.1, 0.15) is 39.5 Å². The van der Waals surface area contributed by atoms with Gasteiger partial charge in [0.2, 0.25) is 5.91 Å². The van der Waals surface area contributed by atoms with Crippen LogP contribution in [-0.4, -0.2) is 43.2 Å². The van der Waals surface area contributed by atoms with Gasteiger partial charge in [0.1, 0.15) is 5.75 Å². The number of benzene rings is 1. The maximum Gasteiger partial charge on any atom is 0.263 e. The summed E-state index contributed by atoms with van der Waals surface area (Å²) in [5.41, 5.74) is -1.01. The van der Waals surface area contributed by atoms with Crippen molar-refractivity contribution in [3.8, 4) is 5.75 Å². The number of methoxy groups -OCH3 is 1. The molecule has 1 saturated heterocycles. The molecule has 0 spiro atoms. The van der Waals surface area contributed by atoms with Crippen LogP contribution in [0.5, 0.6) is 5.75 Å². The first-order valence-electron chi connectivity index (χ1n) is 9.82. The Bertz CT molecular complexity index is 707. The summed E-state index contributed by atoms with van der Waals surface area (Å²) in [5, 5.41) is 6.84. The van der Waals surface area contributed by atoms with Crippen LogP contribution in [0.3, 0.4) is 0 Å². The van der Waals surface area contributed by atoms with Gasteiger partial charge in [-0.3, -0.25) is 9.59 Å². The Morgan fingerprint density at radius 3 is 2.68 bits per heavy atom. The molecule has 2 aliphatic rings. The van der Waals surface area contributed by atoms with Crippen LogP contribution in [0.25, 0.3) is 0 Å². The Morgan fingerprint density at radius 2 is 2.00 bits per heavy atom. The molecule has 6 nitrogen and oxygen atoms in total. The van der Waals surface area contributed by atoms with Crippen molar-refractivity contribution in [2.45, 2.75) is 57.2 Å². The summed E-state index contributed by atoms with van der Waals surface area (Å²) in [6, 6.07) is 7.05. The predicted octanol–water partition coefficient (Wildman–Crippen LogP) is 2.93. The molecule has 28 heavy (non-hydrogen) atoms. The fourth-order valence-corrected chi connectivity index (χ4v) is 4.44. The average molecular weight is 409 g/mol. The van der Waals surface area contributed by atoms with E-state index in [-0.39, 0.29) is 29.8 Å². The number of fused-ring (bicyclic) bond motifs is 1. The summed E-state index contributed by atoms with van der Waals surface area (Å²) in [7, 11) is 1.68. The Labute approximate surface area is 171 Å². The first-order valence-corrected chi connectivity index (χ1v) is 10.2. The number of halogens is 1. The van der Waals surface area contributed by atoms with Gasteiger partial charge in [0, 0.05) is 37.2 Å². The second-order valence-electron chi connectivity index (χ2n) is 8.31. The van der Waals surface area contributed by atoms with Crippen molar-refractivity contribution in [2.24, 2.45) is 11.8 Å². The fourth-order valence-electron chi connectivity index (χ4n) is 4.31. The third-order valence-corrected chi connectivity index (χ3v) is 6.00. The highest BCUT2D eigenvalue weighted by atomic mass is 35.5. The van der Waals surface area contributed by atoms with Crippen molar-refractivity contribution in [1.82, 2.24) is 10.6 Å². The number of nitrogens with one attached hydrogen (secondary N) is 2. The summed E-state index contributed by atoms with van der Waals surface area (Å²) in [6.45, 7) is 4.10. The number of hydrogen-bond donors (Lipinski definition) is 2. The third kappa shape index (κ3) is 4.97. The smallest absolute Gasteiger partial charge is 0.263 e. The first-order chi connectivity index (χ1) is 13.3. The van der Waals surface area contributed by atoms with E-state index in [9.17, 15) is 9.59 Å². The van der Waals surface area contributed by atoms with E-state index in [0.717, 1.165) is 19.3 Å². The van der Waals surface area contributed by atoms with E-state index in [1.807, 2.05) is 0 Å². The minimum absolute atomic E-state index is 0.0171. The highest BCUT2D eigenvalue weighted by Gasteiger charge is 2.42. The molecule has 1 aliphatic heterocycles. The molecule has 2 fully saturated rings. The van der Waals surface area contributed by atoms with Crippen molar-refractivity contribution >= 4 is 23.4 Å². The van der Waals surface area contributed by atoms with E-state index in [0.29, 0.717) is 29.7 Å². The number of ether oxygens (including phenoxy) is 2. The molecule has 1 aromatic carbocycles. The molecule has 0 bridgehead atoms. The maximum atomic E-state index is 12.8. The maximum absolute atomic E-state index is 12.8. The molecule has 4 atom stereocenters. The van der Waals surface area contributed by atoms with E-state index < -0.39 is 5.60 Å². The molecule has 154 valence electrons. The third-order valence-electron chi connectivity index (χ3n) is 5.75. The minimum Gasteiger partial charge on any atom is -0.478 e. The fraction of sp³-hybridized carbons (Fsp3) is 0.619. The van der Waals surface area contributed by atoms with Gasteiger partial charge >= 0.3 is 0 Å². The van der Waals surface area contributed by atoms with Gasteiger partial charge in [-0.15, -0.1) is 0 Å². The van der Waals surface area contributed by atoms with Gasteiger partial charge in [0.15, 0.2) is 5.60 Å². The molecule has 7 heteroatoms. The number of amides is 2. The molecule has 1 saturated carbocycles. The lowest BCUT2D eigenvalue weighted by atomic mass is 9.71. The van der Waals surface area contributed by atoms with Crippen LogP contribution in [-0.2, 0) is 14.3 Å². The van der Waals surface area contributed by atoms with Crippen LogP contribution < -0.4 is 15.4 Å². The zero-order valence-electron chi connectivity index (χ0n) is 16.7. The van der Waals surface area contributed by atoms with Gasteiger partial charge in [-0.1, -0.05) is 11.6 Å². The number of carbonyl (C=O) groups is 2. The highest BCUT2D eigenvalue weighted by molar-refractivity contribution is 6.30. The molecule has 0 aromatic heterocycles. The molecule has 2 amide bonds. The topological polar surface area (TPSA) is 76.7 Å². The average Bonchev–Trinajstić information content (AvgIpc) is 2.63. The summed E-state index contributed by atoms with van der Waals surface area (Å²) >= 11 is 5.90. The Hall–Kier alpha value is -1.79. The van der Waals surface area contributed by atoms with Gasteiger partial charge in [0.25, 0.3) is 5.91 Å². The van der Waals surface area contributed by atoms with E-state index in [1.54, 1.807) is 45.2 Å². The Balaban J connectivity index is 1.58. The summed E-state index contributed by atoms with van der Waals surface area (Å²) in [4.78, 5) is 24.9. The lowest BCUT2D eigenvalue weighted by Gasteiger charge is -2.44. The van der Waals surface area contributed by atoms with Crippen LogP contribution in [0.15, 0.2) is 24.3 Å². The zero-order chi connectivity index (χ0) is 20.3. The van der Waals surface area contributed by atoms with Crippen molar-refractivity contribution in [2.75, 3.05) is 13.7 Å². The quantitative estimate of drug-likeness (QED) is 0.758. The molecule has 1 heterocycles. The first kappa shape index (κ1) is 20.9. The Kier molecular flexibility index (Phi) is 6.50. The molecular weight excluding hydrogens is 380 g/mol. The van der Waals surface area contributed by atoms with Gasteiger partial charge < -0.3 is 20.1 Å². The predicted molar refractivity (Wildman–Crippen MR) is 107 cm³/mol. The SMILES string of the molecule is COCC1CC(=O)NC2CC(NC(=O)C(C)(C)Oc3ccc(Cl)cc3)CCC12. The normalized spacial score (nSPS) is 27.5. The van der Waals surface area contributed by atoms with E-state index >= 15 is 0 Å². The number of rotatable bonds is 6. The molecule has 3 rings (SSSR count). The summed E-state index contributed by atoms with van der Waals surface area (Å²) in [6.07, 6.45) is 3.11. The van der Waals surface area contributed by atoms with Crippen LogP contribution in [0.4, 0.5) is 0 Å². The highest BCUT2D eigenvalue weighted by Crippen LogP contribution is 2.35. The van der Waals surface area contributed by atoms with Crippen LogP contribution in [0.2, 0.25) is 5.02 Å². The lowest BCUT2D eigenvalue weighted by Crippen LogP contribution is -2.58. The van der Waals surface area contributed by atoms with Gasteiger partial charge in [-0.05, 0) is 69.2 Å². The zero-order valence-corrected chi connectivity index (χ0v) is 17.4. The molecular formula is C21H29ClN2O4. The van der Waals surface area contributed by atoms with E-state index in [1.165, 1.54) is 0 Å². The van der Waals surface area contributed by atoms with E-state index in [4.69, 9.17) is 21.1 Å². The van der Waals surface area contributed by atoms with Crippen LogP contribution in [0, 0.1) is 11.8 Å². The van der Waals surface area contributed by atoms with Crippen molar-refractivity contribution in [3.05, 3.63) is 29.3 Å². The second-order valence-corrected chi connectivity index (χ2v) is 8.74. The molecule has 0 radical (unpaired) electrons. The van der Waals surface area contributed by atoms with E-state index in [2.05, 4.69) is 10.6 Å². The van der Waals surface area contributed by atoms with Crippen molar-refractivity contribution in [1.29, 1.82) is 0 Å². The lowest BCUT2D eigenvalue weighted by molar-refractivity contribution is -0.135. The summed E-state index contributed by atoms with van der Waals surface area (Å²) < 4.78 is 11.2. The monoisotopic (exact) mass is 408 g/mol.